The Morgan fingerprint density at radius 1 is 1.00 bits per heavy atom. The van der Waals surface area contributed by atoms with Gasteiger partial charge in [0, 0.05) is 24.7 Å². The number of carbonyl (C=O) groups is 3. The Balaban J connectivity index is 1.63. The first-order valence-electron chi connectivity index (χ1n) is 19.4. The Labute approximate surface area is 319 Å². The second kappa shape index (κ2) is 16.5. The van der Waals surface area contributed by atoms with E-state index in [1.54, 1.807) is 46.8 Å². The number of hydrogen-bond donors (Lipinski definition) is 3. The minimum absolute atomic E-state index is 0.0324. The van der Waals surface area contributed by atoms with Crippen LogP contribution in [0.5, 0.6) is 0 Å². The van der Waals surface area contributed by atoms with Crippen molar-refractivity contribution in [3.63, 3.8) is 0 Å². The van der Waals surface area contributed by atoms with Crippen molar-refractivity contribution >= 4 is 17.9 Å². The lowest BCUT2D eigenvalue weighted by Gasteiger charge is -2.54. The van der Waals surface area contributed by atoms with Gasteiger partial charge in [-0.25, -0.2) is 0 Å². The van der Waals surface area contributed by atoms with Crippen molar-refractivity contribution in [3.8, 4) is 0 Å². The number of esters is 3. The lowest BCUT2D eigenvalue weighted by molar-refractivity contribution is -0.380. The van der Waals surface area contributed by atoms with Crippen LogP contribution < -0.4 is 0 Å². The van der Waals surface area contributed by atoms with Crippen LogP contribution in [0.25, 0.3) is 0 Å². The Bertz CT molecular complexity index is 1590. The molecular weight excluding hydrogens is 696 g/mol. The maximum absolute atomic E-state index is 14.3. The molecular formula is C42H60O12. The van der Waals surface area contributed by atoms with Gasteiger partial charge in [-0.1, -0.05) is 78.0 Å². The molecule has 1 spiro atoms. The molecule has 0 aromatic rings. The van der Waals surface area contributed by atoms with Crippen LogP contribution in [-0.4, -0.2) is 100 Å². The summed E-state index contributed by atoms with van der Waals surface area (Å²) in [5.74, 6) is -6.13. The van der Waals surface area contributed by atoms with Crippen molar-refractivity contribution in [1.29, 1.82) is 0 Å². The molecule has 54 heavy (non-hydrogen) atoms. The SMILES string of the molecule is CC=C(C)C1OC2(CC3CC(CC=C(C)C(OC(=O)C(C)C)C(C)C=CC=C4COC5C(O)C(C)=CC(C(=O)O3)C45O)O2)C(O)C(OC(=O)C(C)C)C1C. The molecule has 0 amide bonds. The molecule has 300 valence electrons. The Morgan fingerprint density at radius 2 is 1.67 bits per heavy atom. The fourth-order valence-electron chi connectivity index (χ4n) is 8.25. The van der Waals surface area contributed by atoms with Crippen LogP contribution in [-0.2, 0) is 42.8 Å². The van der Waals surface area contributed by atoms with Gasteiger partial charge in [-0.3, -0.25) is 14.4 Å². The first kappa shape index (κ1) is 42.0. The van der Waals surface area contributed by atoms with Crippen LogP contribution in [0.1, 0.15) is 88.5 Å². The molecule has 13 atom stereocenters. The van der Waals surface area contributed by atoms with Gasteiger partial charge in [-0.2, -0.15) is 0 Å². The van der Waals surface area contributed by atoms with E-state index in [4.69, 9.17) is 28.4 Å². The summed E-state index contributed by atoms with van der Waals surface area (Å²) in [7, 11) is 0. The van der Waals surface area contributed by atoms with Crippen molar-refractivity contribution in [2.24, 2.45) is 29.6 Å². The normalized spacial score (nSPS) is 40.4. The van der Waals surface area contributed by atoms with Crippen LogP contribution in [0.3, 0.4) is 0 Å². The zero-order valence-corrected chi connectivity index (χ0v) is 33.3. The zero-order valence-electron chi connectivity index (χ0n) is 33.3. The number of aliphatic hydroxyl groups excluding tert-OH is 2. The number of fused-ring (bicyclic) bond motifs is 2. The first-order chi connectivity index (χ1) is 25.3. The van der Waals surface area contributed by atoms with E-state index in [0.717, 1.165) is 11.1 Å². The van der Waals surface area contributed by atoms with Gasteiger partial charge in [-0.05, 0) is 56.4 Å². The summed E-state index contributed by atoms with van der Waals surface area (Å²) in [5.41, 5.74) is 0.528. The van der Waals surface area contributed by atoms with E-state index in [2.05, 4.69) is 0 Å². The highest BCUT2D eigenvalue weighted by Gasteiger charge is 2.62. The molecule has 12 heteroatoms. The van der Waals surface area contributed by atoms with E-state index >= 15 is 0 Å². The minimum atomic E-state index is -1.93. The lowest BCUT2D eigenvalue weighted by atomic mass is 9.71. The third-order valence-corrected chi connectivity index (χ3v) is 11.7. The lowest BCUT2D eigenvalue weighted by Crippen LogP contribution is -2.67. The average molecular weight is 757 g/mol. The van der Waals surface area contributed by atoms with Crippen molar-refractivity contribution in [2.75, 3.05) is 6.61 Å². The van der Waals surface area contributed by atoms with Crippen LogP contribution in [0.2, 0.25) is 0 Å². The third kappa shape index (κ3) is 8.06. The number of aliphatic hydroxyl groups is 3. The molecule has 5 aliphatic rings. The van der Waals surface area contributed by atoms with Crippen LogP contribution in [0.4, 0.5) is 0 Å². The Hall–Kier alpha value is -3.13. The molecule has 5 rings (SSSR count). The molecule has 2 bridgehead atoms. The number of rotatable bonds is 5. The highest BCUT2D eigenvalue weighted by atomic mass is 16.7. The van der Waals surface area contributed by atoms with Gasteiger partial charge in [0.25, 0.3) is 0 Å². The van der Waals surface area contributed by atoms with E-state index in [-0.39, 0.29) is 43.7 Å². The van der Waals surface area contributed by atoms with Gasteiger partial charge in [0.1, 0.15) is 48.1 Å². The molecule has 1 aliphatic carbocycles. The van der Waals surface area contributed by atoms with E-state index in [1.807, 2.05) is 52.8 Å². The van der Waals surface area contributed by atoms with E-state index in [1.165, 1.54) is 6.08 Å². The average Bonchev–Trinajstić information content (AvgIpc) is 3.46. The highest BCUT2D eigenvalue weighted by molar-refractivity contribution is 5.78. The predicted molar refractivity (Wildman–Crippen MR) is 198 cm³/mol. The Kier molecular flexibility index (Phi) is 12.9. The molecule has 12 nitrogen and oxygen atoms in total. The predicted octanol–water partition coefficient (Wildman–Crippen LogP) is 4.81. The molecule has 0 aromatic carbocycles. The van der Waals surface area contributed by atoms with Crippen LogP contribution in [0.15, 0.2) is 58.7 Å². The Morgan fingerprint density at radius 3 is 2.31 bits per heavy atom. The molecule has 4 aliphatic heterocycles. The fourth-order valence-corrected chi connectivity index (χ4v) is 8.25. The summed E-state index contributed by atoms with van der Waals surface area (Å²) in [4.78, 5) is 40.3. The summed E-state index contributed by atoms with van der Waals surface area (Å²) < 4.78 is 37.7. The number of hydrogen-bond acceptors (Lipinski definition) is 12. The van der Waals surface area contributed by atoms with Crippen LogP contribution >= 0.6 is 0 Å². The van der Waals surface area contributed by atoms with Gasteiger partial charge in [-0.15, -0.1) is 0 Å². The van der Waals surface area contributed by atoms with Crippen molar-refractivity contribution < 1.29 is 58.1 Å². The molecule has 4 heterocycles. The maximum atomic E-state index is 14.3. The van der Waals surface area contributed by atoms with Gasteiger partial charge >= 0.3 is 17.9 Å². The van der Waals surface area contributed by atoms with E-state index in [9.17, 15) is 29.7 Å². The monoisotopic (exact) mass is 756 g/mol. The fraction of sp³-hybridized carbons (Fsp3) is 0.690. The van der Waals surface area contributed by atoms with Gasteiger partial charge in [0.2, 0.25) is 5.79 Å². The van der Waals surface area contributed by atoms with Gasteiger partial charge in [0.15, 0.2) is 0 Å². The first-order valence-corrected chi connectivity index (χ1v) is 19.4. The molecule has 0 aromatic heterocycles. The summed E-state index contributed by atoms with van der Waals surface area (Å²) in [6.45, 7) is 18.0. The zero-order chi connectivity index (χ0) is 39.9. The maximum Gasteiger partial charge on any atom is 0.316 e. The second-order valence-corrected chi connectivity index (χ2v) is 16.5. The smallest absolute Gasteiger partial charge is 0.316 e. The molecule has 0 saturated carbocycles. The molecule has 0 radical (unpaired) electrons. The summed E-state index contributed by atoms with van der Waals surface area (Å²) in [6.07, 6.45) is 3.47. The molecule has 3 N–H and O–H groups in total. The van der Waals surface area contributed by atoms with E-state index < -0.39 is 89.9 Å². The molecule has 13 unspecified atom stereocenters. The largest absolute Gasteiger partial charge is 0.462 e. The highest BCUT2D eigenvalue weighted by Crippen LogP contribution is 2.48. The van der Waals surface area contributed by atoms with Gasteiger partial charge in [0.05, 0.1) is 30.7 Å². The standard InChI is InChI=1S/C42H60O12/c1-11-23(6)34-27(10)35(52-39(46)22(4)5)36(44)41(54-34)19-30-18-29(53-41)16-15-25(8)33(51-38(45)21(2)3)24(7)13-12-14-28-20-49-37-32(43)26(9)17-31(40(47)50-30)42(28,37)48/h11-15,17,21-22,24,27,29-37,43-44,48H,16,18-20H2,1-10H3. The van der Waals surface area contributed by atoms with Crippen molar-refractivity contribution in [1.82, 2.24) is 0 Å². The number of ether oxygens (including phenoxy) is 6. The summed E-state index contributed by atoms with van der Waals surface area (Å²) in [5, 5.41) is 35.6. The second-order valence-electron chi connectivity index (χ2n) is 16.5. The van der Waals surface area contributed by atoms with Crippen molar-refractivity contribution in [3.05, 3.63) is 58.7 Å². The topological polar surface area (TPSA) is 167 Å². The minimum Gasteiger partial charge on any atom is -0.462 e. The molecule has 3 saturated heterocycles. The van der Waals surface area contributed by atoms with Gasteiger partial charge < -0.3 is 43.7 Å². The van der Waals surface area contributed by atoms with Crippen LogP contribution in [0, 0.1) is 29.6 Å². The third-order valence-electron chi connectivity index (χ3n) is 11.7. The number of allylic oxidation sites excluding steroid dienone is 3. The molecule has 3 fully saturated rings. The van der Waals surface area contributed by atoms with Crippen molar-refractivity contribution in [2.45, 2.75) is 149 Å². The summed E-state index contributed by atoms with van der Waals surface area (Å²) >= 11 is 0. The van der Waals surface area contributed by atoms with E-state index in [0.29, 0.717) is 11.1 Å². The quantitative estimate of drug-likeness (QED) is 0.200. The number of carbonyl (C=O) groups excluding carboxylic acids is 3. The summed E-state index contributed by atoms with van der Waals surface area (Å²) in [6, 6.07) is 0.